The van der Waals surface area contributed by atoms with Crippen LogP contribution >= 0.6 is 0 Å². The van der Waals surface area contributed by atoms with Gasteiger partial charge in [0, 0.05) is 12.6 Å². The summed E-state index contributed by atoms with van der Waals surface area (Å²) in [4.78, 5) is 0. The lowest BCUT2D eigenvalue weighted by molar-refractivity contribution is 0.378. The average Bonchev–Trinajstić information content (AvgIpc) is 2.89. The van der Waals surface area contributed by atoms with E-state index in [2.05, 4.69) is 10.2 Å². The smallest absolute Gasteiger partial charge is 0.260 e. The maximum Gasteiger partial charge on any atom is 0.260 e. The molecule has 0 aromatic carbocycles. The summed E-state index contributed by atoms with van der Waals surface area (Å²) in [6.07, 6.45) is 4.24. The fourth-order valence-electron chi connectivity index (χ4n) is 2.05. The van der Waals surface area contributed by atoms with E-state index >= 15 is 0 Å². The highest BCUT2D eigenvalue weighted by atomic mass is 32.2. The van der Waals surface area contributed by atoms with Crippen molar-refractivity contribution in [1.82, 2.24) is 14.5 Å². The van der Waals surface area contributed by atoms with Crippen LogP contribution in [0.1, 0.15) is 26.2 Å². The second-order valence-corrected chi connectivity index (χ2v) is 5.60. The summed E-state index contributed by atoms with van der Waals surface area (Å²) >= 11 is 0. The normalized spacial score (nSPS) is 23.4. The van der Waals surface area contributed by atoms with Gasteiger partial charge in [-0.2, -0.15) is 9.40 Å². The Morgan fingerprint density at radius 1 is 1.67 bits per heavy atom. The zero-order valence-electron chi connectivity index (χ0n) is 8.68. The van der Waals surface area contributed by atoms with Gasteiger partial charge in [-0.15, -0.1) is 0 Å². The highest BCUT2D eigenvalue weighted by molar-refractivity contribution is 7.89. The van der Waals surface area contributed by atoms with Crippen LogP contribution in [0.15, 0.2) is 17.3 Å². The molecule has 84 valence electrons. The molecular weight excluding hydrogens is 214 g/mol. The van der Waals surface area contributed by atoms with Crippen molar-refractivity contribution in [2.24, 2.45) is 0 Å². The van der Waals surface area contributed by atoms with Gasteiger partial charge in [-0.1, -0.05) is 6.92 Å². The zero-order valence-corrected chi connectivity index (χ0v) is 9.50. The molecule has 2 heterocycles. The molecule has 2 rings (SSSR count). The summed E-state index contributed by atoms with van der Waals surface area (Å²) in [5, 5.41) is 6.40. The Morgan fingerprint density at radius 3 is 3.07 bits per heavy atom. The minimum absolute atomic E-state index is 0.151. The number of hydrogen-bond donors (Lipinski definition) is 1. The van der Waals surface area contributed by atoms with Gasteiger partial charge >= 0.3 is 0 Å². The van der Waals surface area contributed by atoms with E-state index in [9.17, 15) is 8.42 Å². The van der Waals surface area contributed by atoms with Crippen molar-refractivity contribution in [2.75, 3.05) is 6.54 Å². The molecule has 1 saturated heterocycles. The minimum atomic E-state index is -3.34. The van der Waals surface area contributed by atoms with E-state index in [1.54, 1.807) is 4.31 Å². The Hall–Kier alpha value is -0.880. The molecule has 0 aliphatic carbocycles. The minimum Gasteiger partial charge on any atom is -0.266 e. The first kappa shape index (κ1) is 10.6. The van der Waals surface area contributed by atoms with E-state index < -0.39 is 10.0 Å². The Balaban J connectivity index is 2.30. The third-order valence-corrected chi connectivity index (χ3v) is 4.74. The van der Waals surface area contributed by atoms with Crippen LogP contribution in [0.2, 0.25) is 0 Å². The number of nitrogens with one attached hydrogen (secondary N) is 1. The number of hydrogen-bond acceptors (Lipinski definition) is 3. The summed E-state index contributed by atoms with van der Waals surface area (Å²) in [7, 11) is -3.34. The Bertz CT molecular complexity index is 413. The lowest BCUT2D eigenvalue weighted by atomic mass is 10.2. The number of aromatic amines is 1. The Labute approximate surface area is 89.5 Å². The fraction of sp³-hybridized carbons (Fsp3) is 0.667. The standard InChI is InChI=1S/C9H15N3O2S/c1-2-8-4-3-7-12(8)15(13,14)9-5-6-10-11-9/h5-6,8H,2-4,7H2,1H3,(H,10,11). The number of rotatable bonds is 3. The van der Waals surface area contributed by atoms with Crippen molar-refractivity contribution in [3.63, 3.8) is 0 Å². The van der Waals surface area contributed by atoms with Gasteiger partial charge in [-0.05, 0) is 25.3 Å². The van der Waals surface area contributed by atoms with Crippen molar-refractivity contribution >= 4 is 10.0 Å². The molecule has 0 spiro atoms. The topological polar surface area (TPSA) is 66.1 Å². The molecule has 6 heteroatoms. The van der Waals surface area contributed by atoms with Crippen LogP contribution in [0.4, 0.5) is 0 Å². The first-order chi connectivity index (χ1) is 7.16. The Morgan fingerprint density at radius 2 is 2.47 bits per heavy atom. The summed E-state index contributed by atoms with van der Waals surface area (Å²) < 4.78 is 25.8. The summed E-state index contributed by atoms with van der Waals surface area (Å²) in [5.41, 5.74) is 0. The fourth-order valence-corrected chi connectivity index (χ4v) is 3.72. The molecule has 1 aliphatic heterocycles. The molecule has 1 aliphatic rings. The van der Waals surface area contributed by atoms with Gasteiger partial charge in [0.2, 0.25) is 0 Å². The maximum absolute atomic E-state index is 12.1. The van der Waals surface area contributed by atoms with E-state index in [4.69, 9.17) is 0 Å². The van der Waals surface area contributed by atoms with Gasteiger partial charge < -0.3 is 0 Å². The molecule has 1 N–H and O–H groups in total. The molecule has 1 aromatic rings. The molecule has 5 nitrogen and oxygen atoms in total. The highest BCUT2D eigenvalue weighted by Crippen LogP contribution is 2.26. The van der Waals surface area contributed by atoms with Gasteiger partial charge in [0.15, 0.2) is 5.03 Å². The first-order valence-corrected chi connectivity index (χ1v) is 6.61. The van der Waals surface area contributed by atoms with E-state index in [1.165, 1.54) is 12.3 Å². The molecule has 0 saturated carbocycles. The van der Waals surface area contributed by atoms with E-state index in [1.807, 2.05) is 6.92 Å². The number of nitrogens with zero attached hydrogens (tertiary/aromatic N) is 2. The van der Waals surface area contributed by atoms with Gasteiger partial charge in [0.05, 0.1) is 6.20 Å². The molecule has 1 fully saturated rings. The maximum atomic E-state index is 12.1. The van der Waals surface area contributed by atoms with Crippen LogP contribution in [0.25, 0.3) is 0 Å². The predicted octanol–water partition coefficient (Wildman–Crippen LogP) is 0.973. The van der Waals surface area contributed by atoms with Crippen molar-refractivity contribution in [3.8, 4) is 0 Å². The van der Waals surface area contributed by atoms with Crippen molar-refractivity contribution in [1.29, 1.82) is 0 Å². The van der Waals surface area contributed by atoms with E-state index in [-0.39, 0.29) is 11.1 Å². The molecular formula is C9H15N3O2S. The largest absolute Gasteiger partial charge is 0.266 e. The van der Waals surface area contributed by atoms with Crippen LogP contribution < -0.4 is 0 Å². The van der Waals surface area contributed by atoms with Crippen molar-refractivity contribution in [3.05, 3.63) is 12.3 Å². The van der Waals surface area contributed by atoms with Crippen molar-refractivity contribution in [2.45, 2.75) is 37.3 Å². The third kappa shape index (κ3) is 1.79. The zero-order chi connectivity index (χ0) is 10.9. The van der Waals surface area contributed by atoms with Gasteiger partial charge in [0.25, 0.3) is 10.0 Å². The molecule has 1 aromatic heterocycles. The summed E-state index contributed by atoms with van der Waals surface area (Å²) in [6.45, 7) is 2.64. The summed E-state index contributed by atoms with van der Waals surface area (Å²) in [5.74, 6) is 0. The average molecular weight is 229 g/mol. The molecule has 1 atom stereocenters. The quantitative estimate of drug-likeness (QED) is 0.840. The highest BCUT2D eigenvalue weighted by Gasteiger charge is 2.34. The second-order valence-electron chi connectivity index (χ2n) is 3.74. The number of H-pyrrole nitrogens is 1. The lowest BCUT2D eigenvalue weighted by Gasteiger charge is -2.21. The second kappa shape index (κ2) is 3.94. The van der Waals surface area contributed by atoms with Gasteiger partial charge in [-0.25, -0.2) is 8.42 Å². The number of sulfonamides is 1. The van der Waals surface area contributed by atoms with Gasteiger partial charge in [-0.3, -0.25) is 5.10 Å². The first-order valence-electron chi connectivity index (χ1n) is 5.17. The van der Waals surface area contributed by atoms with Crippen LogP contribution in [-0.2, 0) is 10.0 Å². The lowest BCUT2D eigenvalue weighted by Crippen LogP contribution is -2.35. The summed E-state index contributed by atoms with van der Waals surface area (Å²) in [6, 6.07) is 1.65. The molecule has 1 unspecified atom stereocenters. The van der Waals surface area contributed by atoms with Crippen LogP contribution in [0.3, 0.4) is 0 Å². The van der Waals surface area contributed by atoms with Crippen LogP contribution in [-0.4, -0.2) is 35.5 Å². The van der Waals surface area contributed by atoms with Crippen LogP contribution in [0, 0.1) is 0 Å². The monoisotopic (exact) mass is 229 g/mol. The SMILES string of the molecule is CCC1CCCN1S(=O)(=O)c1ccn[nH]1. The van der Waals surface area contributed by atoms with E-state index in [0.717, 1.165) is 19.3 Å². The predicted molar refractivity (Wildman–Crippen MR) is 55.8 cm³/mol. The van der Waals surface area contributed by atoms with Crippen molar-refractivity contribution < 1.29 is 8.42 Å². The van der Waals surface area contributed by atoms with Crippen LogP contribution in [0.5, 0.6) is 0 Å². The molecule has 0 radical (unpaired) electrons. The molecule has 15 heavy (non-hydrogen) atoms. The Kier molecular flexibility index (Phi) is 2.79. The van der Waals surface area contributed by atoms with Gasteiger partial charge in [0.1, 0.15) is 0 Å². The third-order valence-electron chi connectivity index (χ3n) is 2.86. The molecule has 0 amide bonds. The molecule has 0 bridgehead atoms. The number of aromatic nitrogens is 2. The van der Waals surface area contributed by atoms with E-state index in [0.29, 0.717) is 6.54 Å².